The van der Waals surface area contributed by atoms with Gasteiger partial charge in [-0.05, 0) is 12.1 Å². The molecule has 0 amide bonds. The zero-order chi connectivity index (χ0) is 17.0. The number of halogens is 1. The van der Waals surface area contributed by atoms with Crippen LogP contribution in [0.4, 0.5) is 5.69 Å². The number of hydrogen-bond donors (Lipinski definition) is 0. The number of carbonyl (C=O) groups excluding carboxylic acids is 2. The van der Waals surface area contributed by atoms with Crippen molar-refractivity contribution >= 4 is 29.2 Å². The minimum absolute atomic E-state index is 0.00876. The highest BCUT2D eigenvalue weighted by atomic mass is 35.5. The maximum atomic E-state index is 12.2. The predicted molar refractivity (Wildman–Crippen MR) is 80.5 cm³/mol. The standard InChI is InChI=1S/C15H13ClN2O5/c1-21-14(19)10-7-23-8-18(13(10)15(20)22-2)12-5-3-4-11(16)9(12)6-17/h3-5H,7-8H2,1-2H3. The molecule has 0 unspecified atom stereocenters. The van der Waals surface area contributed by atoms with Gasteiger partial charge in [-0.15, -0.1) is 0 Å². The van der Waals surface area contributed by atoms with Crippen LogP contribution in [0.1, 0.15) is 5.56 Å². The van der Waals surface area contributed by atoms with Gasteiger partial charge in [0.15, 0.2) is 0 Å². The number of benzene rings is 1. The third-order valence-corrected chi connectivity index (χ3v) is 3.54. The van der Waals surface area contributed by atoms with Crippen LogP contribution in [0.25, 0.3) is 0 Å². The van der Waals surface area contributed by atoms with Gasteiger partial charge in [0.05, 0.1) is 42.7 Å². The van der Waals surface area contributed by atoms with E-state index < -0.39 is 11.9 Å². The molecule has 7 nitrogen and oxygen atoms in total. The molecule has 1 aromatic rings. The smallest absolute Gasteiger partial charge is 0.355 e. The van der Waals surface area contributed by atoms with Gasteiger partial charge in [0.1, 0.15) is 18.5 Å². The van der Waals surface area contributed by atoms with Crippen molar-refractivity contribution in [1.29, 1.82) is 5.26 Å². The Morgan fingerprint density at radius 3 is 2.61 bits per heavy atom. The molecule has 0 aromatic heterocycles. The number of nitriles is 1. The molecular formula is C15H13ClN2O5. The van der Waals surface area contributed by atoms with Crippen LogP contribution in [0.15, 0.2) is 29.5 Å². The molecule has 0 atom stereocenters. The molecular weight excluding hydrogens is 324 g/mol. The largest absolute Gasteiger partial charge is 0.466 e. The van der Waals surface area contributed by atoms with Gasteiger partial charge in [-0.25, -0.2) is 9.59 Å². The van der Waals surface area contributed by atoms with Crippen LogP contribution in [0, 0.1) is 11.3 Å². The van der Waals surface area contributed by atoms with Crippen LogP contribution in [-0.4, -0.2) is 39.5 Å². The van der Waals surface area contributed by atoms with Crippen molar-refractivity contribution < 1.29 is 23.8 Å². The average Bonchev–Trinajstić information content (AvgIpc) is 2.59. The summed E-state index contributed by atoms with van der Waals surface area (Å²) in [7, 11) is 2.39. The molecule has 0 saturated heterocycles. The maximum absolute atomic E-state index is 12.2. The van der Waals surface area contributed by atoms with E-state index in [4.69, 9.17) is 21.1 Å². The lowest BCUT2D eigenvalue weighted by Crippen LogP contribution is -2.39. The van der Waals surface area contributed by atoms with Crippen LogP contribution < -0.4 is 4.90 Å². The monoisotopic (exact) mass is 336 g/mol. The number of hydrogen-bond acceptors (Lipinski definition) is 7. The summed E-state index contributed by atoms with van der Waals surface area (Å²) < 4.78 is 14.8. The van der Waals surface area contributed by atoms with E-state index in [0.29, 0.717) is 5.69 Å². The van der Waals surface area contributed by atoms with Gasteiger partial charge in [-0.2, -0.15) is 5.26 Å². The molecule has 0 saturated carbocycles. The van der Waals surface area contributed by atoms with E-state index in [-0.39, 0.29) is 35.2 Å². The third-order valence-electron chi connectivity index (χ3n) is 3.23. The number of methoxy groups -OCH3 is 2. The molecule has 0 fully saturated rings. The van der Waals surface area contributed by atoms with E-state index in [1.54, 1.807) is 18.2 Å². The first-order valence-electron chi connectivity index (χ1n) is 6.48. The number of carbonyl (C=O) groups is 2. The van der Waals surface area contributed by atoms with Crippen molar-refractivity contribution in [2.45, 2.75) is 0 Å². The Kier molecular flexibility index (Phi) is 5.21. The minimum Gasteiger partial charge on any atom is -0.466 e. The number of anilines is 1. The van der Waals surface area contributed by atoms with Crippen LogP contribution in [0.2, 0.25) is 5.02 Å². The fourth-order valence-corrected chi connectivity index (χ4v) is 2.39. The van der Waals surface area contributed by atoms with Crippen molar-refractivity contribution in [1.82, 2.24) is 0 Å². The Balaban J connectivity index is 2.66. The fourth-order valence-electron chi connectivity index (χ4n) is 2.18. The molecule has 2 rings (SSSR count). The molecule has 0 bridgehead atoms. The molecule has 1 aliphatic heterocycles. The normalized spacial score (nSPS) is 14.3. The van der Waals surface area contributed by atoms with Crippen molar-refractivity contribution in [2.75, 3.05) is 32.5 Å². The number of nitrogens with zero attached hydrogens (tertiary/aromatic N) is 2. The average molecular weight is 337 g/mol. The quantitative estimate of drug-likeness (QED) is 0.774. The summed E-state index contributed by atoms with van der Waals surface area (Å²) in [6.07, 6.45) is 0. The highest BCUT2D eigenvalue weighted by Gasteiger charge is 2.33. The SMILES string of the molecule is COC(=O)C1=C(C(=O)OC)N(c2cccc(Cl)c2C#N)COC1. The molecule has 1 aromatic carbocycles. The second-order valence-corrected chi connectivity index (χ2v) is 4.87. The first-order valence-corrected chi connectivity index (χ1v) is 6.86. The van der Waals surface area contributed by atoms with Gasteiger partial charge in [-0.1, -0.05) is 17.7 Å². The predicted octanol–water partition coefficient (Wildman–Crippen LogP) is 1.61. The molecule has 0 aliphatic carbocycles. The van der Waals surface area contributed by atoms with Gasteiger partial charge in [0.2, 0.25) is 0 Å². The number of rotatable bonds is 3. The second-order valence-electron chi connectivity index (χ2n) is 4.46. The molecule has 1 heterocycles. The van der Waals surface area contributed by atoms with Gasteiger partial charge in [0, 0.05) is 0 Å². The fraction of sp³-hybridized carbons (Fsp3) is 0.267. The van der Waals surface area contributed by atoms with Crippen LogP contribution in [-0.2, 0) is 23.8 Å². The highest BCUT2D eigenvalue weighted by molar-refractivity contribution is 6.32. The zero-order valence-corrected chi connectivity index (χ0v) is 13.2. The molecule has 0 radical (unpaired) electrons. The Labute approximate surface area is 137 Å². The summed E-state index contributed by atoms with van der Waals surface area (Å²) in [5.41, 5.74) is 0.464. The lowest BCUT2D eigenvalue weighted by molar-refractivity contribution is -0.140. The highest BCUT2D eigenvalue weighted by Crippen LogP contribution is 2.32. The number of ether oxygens (including phenoxy) is 3. The van der Waals surface area contributed by atoms with Gasteiger partial charge >= 0.3 is 11.9 Å². The van der Waals surface area contributed by atoms with E-state index in [0.717, 1.165) is 0 Å². The minimum atomic E-state index is -0.738. The Hall–Kier alpha value is -2.56. The third kappa shape index (κ3) is 3.13. The Morgan fingerprint density at radius 1 is 1.30 bits per heavy atom. The summed E-state index contributed by atoms with van der Waals surface area (Å²) in [6.45, 7) is -0.143. The number of esters is 2. The van der Waals surface area contributed by atoms with Crippen molar-refractivity contribution in [3.05, 3.63) is 40.1 Å². The first kappa shape index (κ1) is 16.8. The maximum Gasteiger partial charge on any atom is 0.355 e. The Bertz CT molecular complexity index is 723. The second kappa shape index (κ2) is 7.13. The van der Waals surface area contributed by atoms with Gasteiger partial charge < -0.3 is 19.1 Å². The lowest BCUT2D eigenvalue weighted by Gasteiger charge is -2.31. The van der Waals surface area contributed by atoms with Gasteiger partial charge in [-0.3, -0.25) is 0 Å². The topological polar surface area (TPSA) is 88.9 Å². The molecule has 0 spiro atoms. The summed E-state index contributed by atoms with van der Waals surface area (Å²) in [4.78, 5) is 25.4. The summed E-state index contributed by atoms with van der Waals surface area (Å²) >= 11 is 6.02. The van der Waals surface area contributed by atoms with E-state index in [2.05, 4.69) is 4.74 Å². The van der Waals surface area contributed by atoms with Crippen molar-refractivity contribution in [3.8, 4) is 6.07 Å². The Morgan fingerprint density at radius 2 is 2.00 bits per heavy atom. The van der Waals surface area contributed by atoms with E-state index in [1.807, 2.05) is 6.07 Å². The molecule has 120 valence electrons. The first-order chi connectivity index (χ1) is 11.0. The lowest BCUT2D eigenvalue weighted by atomic mass is 10.1. The van der Waals surface area contributed by atoms with E-state index >= 15 is 0 Å². The van der Waals surface area contributed by atoms with E-state index in [1.165, 1.54) is 19.1 Å². The summed E-state index contributed by atoms with van der Waals surface area (Å²) in [6, 6.07) is 6.75. The van der Waals surface area contributed by atoms with Crippen molar-refractivity contribution in [2.24, 2.45) is 0 Å². The van der Waals surface area contributed by atoms with Crippen LogP contribution in [0.3, 0.4) is 0 Å². The molecule has 1 aliphatic rings. The summed E-state index contributed by atoms with van der Waals surface area (Å²) in [5, 5.41) is 9.53. The summed E-state index contributed by atoms with van der Waals surface area (Å²) in [5.74, 6) is -1.45. The molecule has 8 heteroatoms. The van der Waals surface area contributed by atoms with Crippen LogP contribution >= 0.6 is 11.6 Å². The zero-order valence-electron chi connectivity index (χ0n) is 12.5. The molecule has 23 heavy (non-hydrogen) atoms. The van der Waals surface area contributed by atoms with E-state index in [9.17, 15) is 14.9 Å². The molecule has 0 N–H and O–H groups in total. The van der Waals surface area contributed by atoms with Gasteiger partial charge in [0.25, 0.3) is 0 Å². The van der Waals surface area contributed by atoms with Crippen LogP contribution in [0.5, 0.6) is 0 Å². The van der Waals surface area contributed by atoms with Crippen molar-refractivity contribution in [3.63, 3.8) is 0 Å².